The topological polar surface area (TPSA) is 357 Å². The van der Waals surface area contributed by atoms with Gasteiger partial charge in [-0.2, -0.15) is 25.3 Å². The molecule has 0 unspecified atom stereocenters. The molecule has 3 rings (SSSR count). The number of nitrogens with zero attached hydrogens (tertiary/aromatic N) is 1. The average Bonchev–Trinajstić information content (AvgIpc) is 3.35. The molecule has 23 heteroatoms. The summed E-state index contributed by atoms with van der Waals surface area (Å²) >= 11 is 8.11. The normalized spacial score (nSPS) is 14.3. The van der Waals surface area contributed by atoms with E-state index in [9.17, 15) is 43.5 Å². The minimum absolute atomic E-state index is 0.00716. The van der Waals surface area contributed by atoms with Gasteiger partial charge in [-0.1, -0.05) is 91.0 Å². The molecule has 0 aliphatic heterocycles. The molecule has 386 valence electrons. The predicted molar refractivity (Wildman–Crippen MR) is 276 cm³/mol. The number of carbonyl (C=O) groups excluding carboxylic acids is 7. The number of unbranched alkanes of at least 4 members (excludes halogenated alkanes) is 1. The summed E-state index contributed by atoms with van der Waals surface area (Å²) in [5.41, 5.74) is 24.6. The highest BCUT2D eigenvalue weighted by Crippen LogP contribution is 2.11. The Morgan fingerprint density at radius 3 is 1.27 bits per heavy atom. The first-order valence-electron chi connectivity index (χ1n) is 23.2. The van der Waals surface area contributed by atoms with Crippen molar-refractivity contribution in [3.63, 3.8) is 0 Å². The number of nitrogens with two attached hydrogens (primary N) is 4. The molecule has 21 nitrogen and oxygen atoms in total. The molecule has 71 heavy (non-hydrogen) atoms. The van der Waals surface area contributed by atoms with Gasteiger partial charge in [0.25, 0.3) is 0 Å². The van der Waals surface area contributed by atoms with Gasteiger partial charge in [0.05, 0.1) is 6.04 Å². The van der Waals surface area contributed by atoms with Crippen molar-refractivity contribution < 1.29 is 43.5 Å². The predicted octanol–water partition coefficient (Wildman–Crippen LogP) is -1.42. The number of carboxylic acids is 1. The molecule has 0 fully saturated rings. The molecule has 0 bridgehead atoms. The van der Waals surface area contributed by atoms with Crippen LogP contribution in [0.5, 0.6) is 0 Å². The fourth-order valence-corrected chi connectivity index (χ4v) is 7.44. The molecule has 0 saturated heterocycles. The van der Waals surface area contributed by atoms with Crippen molar-refractivity contribution in [3.8, 4) is 0 Å². The first-order valence-corrected chi connectivity index (χ1v) is 24.4. The van der Waals surface area contributed by atoms with Crippen LogP contribution in [0.4, 0.5) is 0 Å². The lowest BCUT2D eigenvalue weighted by molar-refractivity contribution is -0.141. The van der Waals surface area contributed by atoms with Crippen molar-refractivity contribution in [1.82, 2.24) is 37.2 Å². The minimum atomic E-state index is -1.34. The summed E-state index contributed by atoms with van der Waals surface area (Å²) < 4.78 is 0. The molecule has 16 N–H and O–H groups in total. The van der Waals surface area contributed by atoms with Gasteiger partial charge in [-0.3, -0.25) is 38.6 Å². The molecular formula is C48H68N12O9S2. The molecule has 0 aromatic heterocycles. The van der Waals surface area contributed by atoms with E-state index in [0.717, 1.165) is 0 Å². The van der Waals surface area contributed by atoms with Gasteiger partial charge in [0.2, 0.25) is 41.4 Å². The summed E-state index contributed by atoms with van der Waals surface area (Å²) in [5.74, 6) is -6.92. The highest BCUT2D eigenvalue weighted by Gasteiger charge is 2.34. The van der Waals surface area contributed by atoms with E-state index in [4.69, 9.17) is 22.9 Å². The second-order valence-corrected chi connectivity index (χ2v) is 17.4. The highest BCUT2D eigenvalue weighted by atomic mass is 32.1. The third-order valence-electron chi connectivity index (χ3n) is 11.0. The summed E-state index contributed by atoms with van der Waals surface area (Å²) in [6.45, 7) is 1.81. The minimum Gasteiger partial charge on any atom is -0.480 e. The fourth-order valence-electron chi connectivity index (χ4n) is 7.02. The van der Waals surface area contributed by atoms with E-state index in [2.05, 4.69) is 67.5 Å². The van der Waals surface area contributed by atoms with Crippen molar-refractivity contribution in [3.05, 3.63) is 108 Å². The summed E-state index contributed by atoms with van der Waals surface area (Å²) in [6.07, 6.45) is 1.18. The number of carbonyl (C=O) groups is 8. The van der Waals surface area contributed by atoms with Crippen LogP contribution >= 0.6 is 25.3 Å². The summed E-state index contributed by atoms with van der Waals surface area (Å²) in [4.78, 5) is 112. The Balaban J connectivity index is 1.91. The number of nitrogens with one attached hydrogen (secondary N) is 7. The molecule has 0 aliphatic rings. The Bertz CT molecular complexity index is 2230. The number of rotatable bonds is 31. The third-order valence-corrected chi connectivity index (χ3v) is 11.7. The lowest BCUT2D eigenvalue weighted by Crippen LogP contribution is -2.60. The van der Waals surface area contributed by atoms with Crippen molar-refractivity contribution in [2.75, 3.05) is 24.6 Å². The summed E-state index contributed by atoms with van der Waals surface area (Å²) in [6, 6.07) is 16.3. The number of benzene rings is 3. The lowest BCUT2D eigenvalue weighted by atomic mass is 10.0. The second kappa shape index (κ2) is 31.5. The van der Waals surface area contributed by atoms with Crippen molar-refractivity contribution >= 4 is 78.5 Å². The van der Waals surface area contributed by atoms with Gasteiger partial charge >= 0.3 is 5.97 Å². The van der Waals surface area contributed by atoms with Gasteiger partial charge in [-0.25, -0.2) is 4.79 Å². The number of hydrogen-bond donors (Lipinski definition) is 14. The van der Waals surface area contributed by atoms with E-state index in [1.807, 2.05) is 0 Å². The van der Waals surface area contributed by atoms with E-state index in [1.54, 1.807) is 91.0 Å². The van der Waals surface area contributed by atoms with Crippen LogP contribution in [0.25, 0.3) is 0 Å². The molecule has 8 atom stereocenters. The third kappa shape index (κ3) is 21.5. The summed E-state index contributed by atoms with van der Waals surface area (Å²) in [7, 11) is 0. The zero-order valence-electron chi connectivity index (χ0n) is 39.6. The Kier molecular flexibility index (Phi) is 26.0. The van der Waals surface area contributed by atoms with Gasteiger partial charge in [-0.15, -0.1) is 0 Å². The maximum absolute atomic E-state index is 14.5. The van der Waals surface area contributed by atoms with Crippen LogP contribution in [0.3, 0.4) is 0 Å². The maximum Gasteiger partial charge on any atom is 0.327 e. The van der Waals surface area contributed by atoms with Crippen LogP contribution in [-0.2, 0) is 57.6 Å². The van der Waals surface area contributed by atoms with Gasteiger partial charge in [0, 0.05) is 37.3 Å². The van der Waals surface area contributed by atoms with E-state index in [-0.39, 0.29) is 69.1 Å². The van der Waals surface area contributed by atoms with Gasteiger partial charge in [0.1, 0.15) is 42.3 Å². The van der Waals surface area contributed by atoms with Crippen LogP contribution in [-0.4, -0.2) is 131 Å². The van der Waals surface area contributed by atoms with Crippen LogP contribution < -0.4 is 60.2 Å². The van der Waals surface area contributed by atoms with Crippen LogP contribution in [0, 0.1) is 0 Å². The number of carboxylic acid groups (broad SMARTS) is 1. The quantitative estimate of drug-likeness (QED) is 0.0153. The number of aliphatic carboxylic acids is 1. The smallest absolute Gasteiger partial charge is 0.327 e. The zero-order valence-corrected chi connectivity index (χ0v) is 41.4. The van der Waals surface area contributed by atoms with E-state index >= 15 is 0 Å². The molecule has 0 radical (unpaired) electrons. The van der Waals surface area contributed by atoms with Gasteiger partial charge < -0.3 is 65.3 Å². The molecule has 0 heterocycles. The Labute approximate surface area is 424 Å². The highest BCUT2D eigenvalue weighted by molar-refractivity contribution is 7.80. The Morgan fingerprint density at radius 2 is 0.873 bits per heavy atom. The molecule has 0 aliphatic carbocycles. The SMILES string of the molecule is C[C@H](NC(=O)[C@H](CCCCN)NC(=O)[C@H](Cc1ccccc1)NC(=O)[C@H](Cc1ccccc1)NC(=O)[C@H](CCCN=C(N)N)NC(=O)[C@@H](N)CS)C(=O)N[C@@H](Cc1ccccc1)C(=O)N[C@@H](CS)C(=O)O. The number of aliphatic imine (C=N–C) groups is 1. The largest absolute Gasteiger partial charge is 0.480 e. The fraction of sp³-hybridized carbons (Fsp3) is 0.438. The van der Waals surface area contributed by atoms with Crippen molar-refractivity contribution in [1.29, 1.82) is 0 Å². The van der Waals surface area contributed by atoms with Crippen LogP contribution in [0.2, 0.25) is 0 Å². The van der Waals surface area contributed by atoms with E-state index < -0.39 is 95.7 Å². The molecule has 3 aromatic rings. The number of amides is 7. The molecular weight excluding hydrogens is 953 g/mol. The van der Waals surface area contributed by atoms with Crippen LogP contribution in [0.15, 0.2) is 96.0 Å². The van der Waals surface area contributed by atoms with Gasteiger partial charge in [0.15, 0.2) is 5.96 Å². The molecule has 0 saturated carbocycles. The first-order chi connectivity index (χ1) is 33.9. The Morgan fingerprint density at radius 1 is 0.507 bits per heavy atom. The maximum atomic E-state index is 14.5. The molecule has 0 spiro atoms. The zero-order chi connectivity index (χ0) is 52.3. The van der Waals surface area contributed by atoms with Crippen LogP contribution in [0.1, 0.15) is 55.7 Å². The standard InChI is InChI=1S/C48H68N12O9S2/c1-29(40(61)57-36(24-30-14-5-2-6-15-30)46(67)60-39(28-71)47(68)69)54-42(63)34(20-11-12-22-49)56-44(65)37(25-31-16-7-3-8-17-31)59-45(66)38(26-32-18-9-4-10-19-32)58-43(64)35(21-13-23-53-48(51)52)55-41(62)33(50)27-70/h2-10,14-19,29,33-39,70-71H,11-13,20-28,49-50H2,1H3,(H,54,63)(H,55,62)(H,56,65)(H,57,61)(H,58,64)(H,59,66)(H,60,67)(H,68,69)(H4,51,52,53)/t29-,33-,34-,35-,36-,37-,38-,39-/m0/s1. The molecule has 7 amide bonds. The Hall–Kier alpha value is -6.69. The van der Waals surface area contributed by atoms with Crippen molar-refractivity contribution in [2.24, 2.45) is 27.9 Å². The average molecular weight is 1020 g/mol. The number of thiol groups is 2. The lowest BCUT2D eigenvalue weighted by Gasteiger charge is -2.27. The number of guanidine groups is 1. The van der Waals surface area contributed by atoms with Crippen molar-refractivity contribution in [2.45, 2.75) is 107 Å². The number of hydrogen-bond acceptors (Lipinski definition) is 13. The first kappa shape index (κ1) is 58.6. The molecule has 3 aromatic carbocycles. The van der Waals surface area contributed by atoms with E-state index in [1.165, 1.54) is 6.92 Å². The summed E-state index contributed by atoms with van der Waals surface area (Å²) in [5, 5.41) is 28.0. The monoisotopic (exact) mass is 1020 g/mol. The van der Waals surface area contributed by atoms with Gasteiger partial charge in [-0.05, 0) is 62.3 Å². The second-order valence-electron chi connectivity index (χ2n) is 16.7. The van der Waals surface area contributed by atoms with E-state index in [0.29, 0.717) is 29.5 Å².